The van der Waals surface area contributed by atoms with Crippen LogP contribution < -0.4 is 15.8 Å². The first-order valence-corrected chi connectivity index (χ1v) is 8.11. The molecule has 1 atom stereocenters. The van der Waals surface area contributed by atoms with Crippen molar-refractivity contribution in [1.82, 2.24) is 0 Å². The second kappa shape index (κ2) is 5.70. The maximum atomic E-state index is 12.1. The quantitative estimate of drug-likeness (QED) is 0.817. The highest BCUT2D eigenvalue weighted by Crippen LogP contribution is 2.26. The zero-order valence-electron chi connectivity index (χ0n) is 11.3. The van der Waals surface area contributed by atoms with Crippen LogP contribution in [0.3, 0.4) is 0 Å². The number of benzene rings is 1. The van der Waals surface area contributed by atoms with Crippen molar-refractivity contribution < 1.29 is 17.9 Å². The predicted octanol–water partition coefficient (Wildman–Crippen LogP) is 1.18. The Hall–Kier alpha value is -1.76. The van der Waals surface area contributed by atoms with Crippen molar-refractivity contribution in [3.8, 4) is 5.75 Å². The van der Waals surface area contributed by atoms with Crippen LogP contribution in [-0.2, 0) is 14.6 Å². The van der Waals surface area contributed by atoms with Gasteiger partial charge in [0.05, 0.1) is 24.2 Å². The Morgan fingerprint density at radius 1 is 1.40 bits per heavy atom. The molecule has 1 unspecified atom stereocenters. The van der Waals surface area contributed by atoms with Gasteiger partial charge < -0.3 is 15.8 Å². The first-order chi connectivity index (χ1) is 9.44. The number of carbonyl (C=O) groups excluding carboxylic acids is 1. The maximum Gasteiger partial charge on any atom is 0.242 e. The van der Waals surface area contributed by atoms with Gasteiger partial charge in [0.25, 0.3) is 0 Å². The van der Waals surface area contributed by atoms with E-state index in [9.17, 15) is 13.2 Å². The van der Waals surface area contributed by atoms with Crippen molar-refractivity contribution in [3.63, 3.8) is 0 Å². The van der Waals surface area contributed by atoms with E-state index < -0.39 is 21.0 Å². The van der Waals surface area contributed by atoms with E-state index in [0.717, 1.165) is 6.42 Å². The Morgan fingerprint density at radius 2 is 2.15 bits per heavy atom. The largest absolute Gasteiger partial charge is 0.497 e. The molecule has 0 aliphatic carbocycles. The number of nitrogen functional groups attached to an aromatic ring is 1. The minimum atomic E-state index is -3.35. The molecule has 0 bridgehead atoms. The molecule has 1 amide bonds. The van der Waals surface area contributed by atoms with Crippen LogP contribution in [0.15, 0.2) is 18.2 Å². The molecule has 1 saturated heterocycles. The van der Waals surface area contributed by atoms with Gasteiger partial charge in [-0.2, -0.15) is 0 Å². The van der Waals surface area contributed by atoms with Crippen molar-refractivity contribution in [3.05, 3.63) is 18.2 Å². The number of rotatable bonds is 3. The van der Waals surface area contributed by atoms with E-state index in [1.807, 2.05) is 0 Å². The van der Waals surface area contributed by atoms with Crippen molar-refractivity contribution in [1.29, 1.82) is 0 Å². The number of ether oxygens (including phenoxy) is 1. The highest BCUT2D eigenvalue weighted by Gasteiger charge is 2.34. The molecule has 1 fully saturated rings. The van der Waals surface area contributed by atoms with Gasteiger partial charge >= 0.3 is 0 Å². The lowest BCUT2D eigenvalue weighted by atomic mass is 10.1. The summed E-state index contributed by atoms with van der Waals surface area (Å²) in [6, 6.07) is 4.83. The lowest BCUT2D eigenvalue weighted by molar-refractivity contribution is -0.116. The van der Waals surface area contributed by atoms with E-state index >= 15 is 0 Å². The van der Waals surface area contributed by atoms with E-state index in [1.165, 1.54) is 7.11 Å². The van der Waals surface area contributed by atoms with Crippen molar-refractivity contribution in [2.75, 3.05) is 23.9 Å². The molecule has 0 radical (unpaired) electrons. The van der Waals surface area contributed by atoms with Gasteiger partial charge in [-0.25, -0.2) is 8.42 Å². The van der Waals surface area contributed by atoms with Gasteiger partial charge in [0.2, 0.25) is 5.91 Å². The lowest BCUT2D eigenvalue weighted by Crippen LogP contribution is -2.39. The fourth-order valence-corrected chi connectivity index (χ4v) is 4.05. The maximum absolute atomic E-state index is 12.1. The van der Waals surface area contributed by atoms with Crippen molar-refractivity contribution >= 4 is 27.1 Å². The molecule has 0 saturated carbocycles. The van der Waals surface area contributed by atoms with Crippen LogP contribution in [0.25, 0.3) is 0 Å². The summed E-state index contributed by atoms with van der Waals surface area (Å²) in [6.45, 7) is 0. The molecule has 20 heavy (non-hydrogen) atoms. The highest BCUT2D eigenvalue weighted by atomic mass is 32.2. The van der Waals surface area contributed by atoms with Gasteiger partial charge in [0, 0.05) is 6.07 Å². The van der Waals surface area contributed by atoms with Crippen LogP contribution in [-0.4, -0.2) is 32.4 Å². The average Bonchev–Trinajstić information content (AvgIpc) is 2.40. The average molecular weight is 298 g/mol. The molecule has 1 aromatic rings. The van der Waals surface area contributed by atoms with Crippen LogP contribution >= 0.6 is 0 Å². The Balaban J connectivity index is 2.15. The highest BCUT2D eigenvalue weighted by molar-refractivity contribution is 7.92. The molecule has 1 heterocycles. The van der Waals surface area contributed by atoms with E-state index in [4.69, 9.17) is 10.5 Å². The molecule has 1 aliphatic heterocycles. The Labute approximate surface area is 118 Å². The molecule has 3 N–H and O–H groups in total. The zero-order valence-corrected chi connectivity index (χ0v) is 12.1. The van der Waals surface area contributed by atoms with Gasteiger partial charge in [0.15, 0.2) is 9.84 Å². The van der Waals surface area contributed by atoms with Crippen LogP contribution in [0.1, 0.15) is 19.3 Å². The topological polar surface area (TPSA) is 98.5 Å². The third kappa shape index (κ3) is 3.04. The molecule has 0 aromatic heterocycles. The number of amides is 1. The van der Waals surface area contributed by atoms with E-state index in [0.29, 0.717) is 30.0 Å². The third-order valence-corrected chi connectivity index (χ3v) is 5.56. The Kier molecular flexibility index (Phi) is 4.17. The molecule has 110 valence electrons. The zero-order chi connectivity index (χ0) is 14.8. The van der Waals surface area contributed by atoms with E-state index in [1.54, 1.807) is 18.2 Å². The van der Waals surface area contributed by atoms with Gasteiger partial charge in [-0.05, 0) is 25.0 Å². The molecule has 0 spiro atoms. The summed E-state index contributed by atoms with van der Waals surface area (Å²) in [5.74, 6) is 0.135. The fraction of sp³-hybridized carbons (Fsp3) is 0.462. The molecule has 1 aliphatic rings. The van der Waals surface area contributed by atoms with Crippen LogP contribution in [0.5, 0.6) is 5.75 Å². The van der Waals surface area contributed by atoms with Gasteiger partial charge in [-0.1, -0.05) is 6.42 Å². The number of anilines is 2. The number of carbonyl (C=O) groups is 1. The Bertz CT molecular complexity index is 613. The number of methoxy groups -OCH3 is 1. The van der Waals surface area contributed by atoms with Gasteiger partial charge in [-0.15, -0.1) is 0 Å². The molecule has 2 rings (SSSR count). The lowest BCUT2D eigenvalue weighted by Gasteiger charge is -2.21. The molecular formula is C13H18N2O4S. The van der Waals surface area contributed by atoms with E-state index in [2.05, 4.69) is 5.32 Å². The number of nitrogens with two attached hydrogens (primary N) is 1. The second-order valence-electron chi connectivity index (χ2n) is 4.79. The first kappa shape index (κ1) is 14.6. The smallest absolute Gasteiger partial charge is 0.242 e. The number of hydrogen-bond donors (Lipinski definition) is 2. The minimum absolute atomic E-state index is 0.0726. The summed E-state index contributed by atoms with van der Waals surface area (Å²) in [5, 5.41) is 1.61. The first-order valence-electron chi connectivity index (χ1n) is 6.40. The summed E-state index contributed by atoms with van der Waals surface area (Å²) >= 11 is 0. The molecule has 6 nitrogen and oxygen atoms in total. The van der Waals surface area contributed by atoms with Crippen molar-refractivity contribution in [2.24, 2.45) is 0 Å². The number of nitrogens with one attached hydrogen (secondary N) is 1. The standard InChI is InChI=1S/C13H18N2O4S/c1-19-9-5-6-11(10(14)8-9)15-13(16)12-4-2-3-7-20(12,17)18/h5-6,8,12H,2-4,7,14H2,1H3,(H,15,16). The third-order valence-electron chi connectivity index (χ3n) is 3.39. The molecule has 1 aromatic carbocycles. The summed E-state index contributed by atoms with van der Waals surface area (Å²) < 4.78 is 28.8. The normalized spacial score (nSPS) is 21.1. The molecular weight excluding hydrogens is 280 g/mol. The SMILES string of the molecule is COc1ccc(NC(=O)C2CCCCS2(=O)=O)c(N)c1. The predicted molar refractivity (Wildman–Crippen MR) is 77.5 cm³/mol. The summed E-state index contributed by atoms with van der Waals surface area (Å²) in [4.78, 5) is 12.1. The Morgan fingerprint density at radius 3 is 2.75 bits per heavy atom. The number of hydrogen-bond acceptors (Lipinski definition) is 5. The molecule has 7 heteroatoms. The van der Waals surface area contributed by atoms with E-state index in [-0.39, 0.29) is 5.75 Å². The minimum Gasteiger partial charge on any atom is -0.497 e. The fourth-order valence-electron chi connectivity index (χ4n) is 2.24. The van der Waals surface area contributed by atoms with Crippen LogP contribution in [0, 0.1) is 0 Å². The van der Waals surface area contributed by atoms with Crippen molar-refractivity contribution in [2.45, 2.75) is 24.5 Å². The van der Waals surface area contributed by atoms with Gasteiger partial charge in [0.1, 0.15) is 11.0 Å². The summed E-state index contributed by atoms with van der Waals surface area (Å²) in [5.41, 5.74) is 6.54. The summed E-state index contributed by atoms with van der Waals surface area (Å²) in [7, 11) is -1.83. The van der Waals surface area contributed by atoms with Crippen LogP contribution in [0.4, 0.5) is 11.4 Å². The monoisotopic (exact) mass is 298 g/mol. The summed E-state index contributed by atoms with van der Waals surface area (Å²) in [6.07, 6.45) is 1.73. The number of sulfone groups is 1. The van der Waals surface area contributed by atoms with Gasteiger partial charge in [-0.3, -0.25) is 4.79 Å². The van der Waals surface area contributed by atoms with Crippen LogP contribution in [0.2, 0.25) is 0 Å². The second-order valence-corrected chi connectivity index (χ2v) is 7.10.